The SMILES string of the molecule is CC1=CC2=C(Br)C3C(=[C-]C2=C1C1=CC=CC1)N(c1ccccc1)C(C)=C3C.[Cl-].[Cl-].[Zr+3]. The van der Waals surface area contributed by atoms with Crippen molar-refractivity contribution < 1.29 is 51.0 Å². The largest absolute Gasteiger partial charge is 3.00 e. The van der Waals surface area contributed by atoms with Gasteiger partial charge in [0, 0.05) is 17.3 Å². The van der Waals surface area contributed by atoms with Gasteiger partial charge in [-0.25, -0.2) is 0 Å². The predicted octanol–water partition coefficient (Wildman–Crippen LogP) is 0.915. The molecule has 1 atom stereocenters. The number of benzene rings is 1. The summed E-state index contributed by atoms with van der Waals surface area (Å²) in [4.78, 5) is 2.37. The van der Waals surface area contributed by atoms with E-state index in [0.717, 1.165) is 6.42 Å². The van der Waals surface area contributed by atoms with E-state index in [1.807, 2.05) is 0 Å². The minimum Gasteiger partial charge on any atom is -1.00 e. The molecule has 5 heteroatoms. The van der Waals surface area contributed by atoms with E-state index in [1.54, 1.807) is 0 Å². The monoisotopic (exact) mass is 574 g/mol. The standard InChI is InChI=1S/C25H21BrN.2ClH.Zr/c1-15-13-21-20(23(15)18-9-7-8-10-18)14-22-24(25(21)26)16(2)17(3)27(22)19-11-5-4-6-12-19;;;/h4-9,11-13,24H,10H2,1-3H3;2*1H;/q-1;;;+3/p-2. The van der Waals surface area contributed by atoms with Crippen LogP contribution in [0.3, 0.4) is 0 Å². The summed E-state index contributed by atoms with van der Waals surface area (Å²) >= 11 is 3.98. The second-order valence-electron chi connectivity index (χ2n) is 7.55. The zero-order valence-corrected chi connectivity index (χ0v) is 22.6. The number of halogens is 3. The van der Waals surface area contributed by atoms with Crippen LogP contribution >= 0.6 is 15.9 Å². The molecule has 4 aliphatic rings. The fraction of sp³-hybridized carbons (Fsp3) is 0.200. The molecule has 5 rings (SSSR count). The second kappa shape index (κ2) is 9.74. The van der Waals surface area contributed by atoms with Gasteiger partial charge in [0.05, 0.1) is 0 Å². The first-order chi connectivity index (χ1) is 13.1. The summed E-state index contributed by atoms with van der Waals surface area (Å²) in [5, 5.41) is 0. The molecule has 1 aromatic rings. The third-order valence-corrected chi connectivity index (χ3v) is 6.88. The molecule has 0 fully saturated rings. The van der Waals surface area contributed by atoms with E-state index in [-0.39, 0.29) is 56.9 Å². The molecule has 0 bridgehead atoms. The molecule has 0 aromatic heterocycles. The number of anilines is 1. The molecule has 1 nitrogen and oxygen atoms in total. The first-order valence-electron chi connectivity index (χ1n) is 9.43. The van der Waals surface area contributed by atoms with Crippen molar-refractivity contribution in [2.24, 2.45) is 5.92 Å². The van der Waals surface area contributed by atoms with Gasteiger partial charge < -0.3 is 29.7 Å². The first-order valence-corrected chi connectivity index (χ1v) is 10.2. The Balaban J connectivity index is 0.00000107. The maximum Gasteiger partial charge on any atom is 3.00 e. The van der Waals surface area contributed by atoms with Crippen molar-refractivity contribution in [3.05, 3.63) is 110 Å². The van der Waals surface area contributed by atoms with Crippen LogP contribution in [0.2, 0.25) is 0 Å². The average Bonchev–Trinajstić information content (AvgIpc) is 3.35. The van der Waals surface area contributed by atoms with Crippen LogP contribution in [0, 0.1) is 12.0 Å². The van der Waals surface area contributed by atoms with Crippen LogP contribution in [0.5, 0.6) is 0 Å². The Bertz CT molecular complexity index is 1090. The van der Waals surface area contributed by atoms with Crippen molar-refractivity contribution in [3.8, 4) is 0 Å². The summed E-state index contributed by atoms with van der Waals surface area (Å²) in [5.41, 5.74) is 11.7. The van der Waals surface area contributed by atoms with Crippen molar-refractivity contribution >= 4 is 21.6 Å². The summed E-state index contributed by atoms with van der Waals surface area (Å²) < 4.78 is 1.27. The Morgan fingerprint density at radius 3 is 2.40 bits per heavy atom. The summed E-state index contributed by atoms with van der Waals surface area (Å²) in [6, 6.07) is 10.6. The third kappa shape index (κ3) is 3.77. The molecule has 1 aromatic carbocycles. The summed E-state index contributed by atoms with van der Waals surface area (Å²) in [6.45, 7) is 6.69. The Morgan fingerprint density at radius 2 is 1.77 bits per heavy atom. The molecular formula is C25H21BrCl2NZr. The van der Waals surface area contributed by atoms with Gasteiger partial charge in [-0.2, -0.15) is 11.6 Å². The van der Waals surface area contributed by atoms with Crippen LogP contribution in [0.4, 0.5) is 5.69 Å². The van der Waals surface area contributed by atoms with Crippen LogP contribution in [0.25, 0.3) is 0 Å². The number of allylic oxidation sites excluding steroid dienone is 12. The number of rotatable bonds is 2. The molecular weight excluding hydrogens is 556 g/mol. The van der Waals surface area contributed by atoms with Crippen LogP contribution in [0.1, 0.15) is 27.2 Å². The normalized spacial score (nSPS) is 21.4. The van der Waals surface area contributed by atoms with Crippen LogP contribution in [-0.4, -0.2) is 0 Å². The fourth-order valence-electron chi connectivity index (χ4n) is 4.59. The van der Waals surface area contributed by atoms with E-state index in [9.17, 15) is 0 Å². The molecule has 1 aliphatic heterocycles. The molecule has 0 amide bonds. The molecule has 1 radical (unpaired) electrons. The molecule has 0 N–H and O–H groups in total. The smallest absolute Gasteiger partial charge is 1.00 e. The van der Waals surface area contributed by atoms with E-state index >= 15 is 0 Å². The Kier molecular flexibility index (Phi) is 8.25. The number of nitrogens with zero attached hydrogens (tertiary/aromatic N) is 1. The maximum absolute atomic E-state index is 3.98. The number of fused-ring (bicyclic) bond motifs is 2. The van der Waals surface area contributed by atoms with Gasteiger partial charge in [0.1, 0.15) is 0 Å². The van der Waals surface area contributed by atoms with E-state index in [0.29, 0.717) is 0 Å². The fourth-order valence-corrected chi connectivity index (χ4v) is 5.46. The van der Waals surface area contributed by atoms with Gasteiger partial charge in [0.25, 0.3) is 0 Å². The van der Waals surface area contributed by atoms with Crippen molar-refractivity contribution in [1.82, 2.24) is 0 Å². The Morgan fingerprint density at radius 1 is 1.07 bits per heavy atom. The predicted molar refractivity (Wildman–Crippen MR) is 116 cm³/mol. The third-order valence-electron chi connectivity index (χ3n) is 6.00. The number of hydrogen-bond donors (Lipinski definition) is 0. The second-order valence-corrected chi connectivity index (χ2v) is 8.40. The number of para-hydroxylation sites is 1. The maximum atomic E-state index is 3.98. The van der Waals surface area contributed by atoms with E-state index < -0.39 is 0 Å². The topological polar surface area (TPSA) is 3.24 Å². The van der Waals surface area contributed by atoms with Crippen molar-refractivity contribution in [2.45, 2.75) is 27.2 Å². The minimum atomic E-state index is 0. The van der Waals surface area contributed by atoms with Gasteiger partial charge >= 0.3 is 26.2 Å². The molecule has 0 saturated heterocycles. The molecule has 3 aliphatic carbocycles. The number of hydrogen-bond acceptors (Lipinski definition) is 1. The van der Waals surface area contributed by atoms with E-state index in [2.05, 4.69) is 102 Å². The summed E-state index contributed by atoms with van der Waals surface area (Å²) in [7, 11) is 0. The minimum absolute atomic E-state index is 0. The quantitative estimate of drug-likeness (QED) is 0.473. The Hall–Kier alpha value is -0.857. The van der Waals surface area contributed by atoms with Gasteiger partial charge in [-0.05, 0) is 48.2 Å². The van der Waals surface area contributed by atoms with Gasteiger partial charge in [-0.1, -0.05) is 64.9 Å². The zero-order chi connectivity index (χ0) is 18.7. The van der Waals surface area contributed by atoms with Crippen molar-refractivity contribution in [2.75, 3.05) is 4.90 Å². The molecule has 1 heterocycles. The van der Waals surface area contributed by atoms with E-state index in [4.69, 9.17) is 0 Å². The first kappa shape index (κ1) is 25.4. The van der Waals surface area contributed by atoms with Crippen LogP contribution in [0.15, 0.2) is 104 Å². The summed E-state index contributed by atoms with van der Waals surface area (Å²) in [6.07, 6.45) is 13.8. The average molecular weight is 577 g/mol. The molecule has 30 heavy (non-hydrogen) atoms. The molecule has 151 valence electrons. The molecule has 0 spiro atoms. The van der Waals surface area contributed by atoms with Gasteiger partial charge in [0.2, 0.25) is 0 Å². The zero-order valence-electron chi connectivity index (χ0n) is 17.1. The van der Waals surface area contributed by atoms with Gasteiger partial charge in [-0.3, -0.25) is 0 Å². The van der Waals surface area contributed by atoms with Crippen LogP contribution in [-0.2, 0) is 26.2 Å². The summed E-state index contributed by atoms with van der Waals surface area (Å²) in [5.74, 6) is 0.253. The molecule has 0 saturated carbocycles. The van der Waals surface area contributed by atoms with Crippen molar-refractivity contribution in [1.29, 1.82) is 0 Å². The van der Waals surface area contributed by atoms with Gasteiger partial charge in [-0.15, -0.1) is 22.8 Å². The van der Waals surface area contributed by atoms with Crippen LogP contribution < -0.4 is 29.7 Å². The van der Waals surface area contributed by atoms with Crippen molar-refractivity contribution in [3.63, 3.8) is 0 Å². The molecule has 1 unspecified atom stereocenters. The van der Waals surface area contributed by atoms with E-state index in [1.165, 1.54) is 55.0 Å². The Labute approximate surface area is 219 Å². The van der Waals surface area contributed by atoms with Gasteiger partial charge in [0.15, 0.2) is 0 Å².